The molecule has 4 aromatic heterocycles. The van der Waals surface area contributed by atoms with E-state index in [0.29, 0.717) is 0 Å². The molecule has 4 rings (SSSR count). The molecule has 0 saturated carbocycles. The minimum absolute atomic E-state index is 0. The molecule has 0 saturated heterocycles. The van der Waals surface area contributed by atoms with Crippen molar-refractivity contribution in [3.8, 4) is 22.5 Å². The van der Waals surface area contributed by atoms with Crippen LogP contribution in [0.2, 0.25) is 0 Å². The second-order valence-electron chi connectivity index (χ2n) is 5.36. The normalized spacial score (nSPS) is 8.62. The first kappa shape index (κ1) is 28.5. The molecular weight excluding hydrogens is 543 g/mol. The number of pyridine rings is 3. The van der Waals surface area contributed by atoms with Crippen LogP contribution in [0.3, 0.4) is 0 Å². The van der Waals surface area contributed by atoms with E-state index in [1.807, 2.05) is 63.1 Å². The third-order valence-corrected chi connectivity index (χ3v) is 3.64. The maximum Gasteiger partial charge on any atom is 0.161 e. The predicted octanol–water partition coefficient (Wildman–Crippen LogP) is 2.65. The Bertz CT molecular complexity index is 863. The van der Waals surface area contributed by atoms with Crippen LogP contribution in [0.5, 0.6) is 0 Å². The van der Waals surface area contributed by atoms with Crippen LogP contribution in [0.25, 0.3) is 22.5 Å². The van der Waals surface area contributed by atoms with Crippen molar-refractivity contribution >= 4 is 0 Å². The Morgan fingerprint density at radius 2 is 1.31 bits per heavy atom. The van der Waals surface area contributed by atoms with Crippen LogP contribution < -0.4 is 14.2 Å². The van der Waals surface area contributed by atoms with Gasteiger partial charge in [-0.1, -0.05) is 18.5 Å². The standard InChI is InChI=1S/C17H16N3.C2H2N3.3CH3.Pt/c1-19-9-5-3-7-16(19)14-11-15(13-18-12-14)17-8-4-6-10-20(17)2;1-3-2-5-4-1;;;;/h3-10,12-13H,1-2H3;1-2H;3*1H3;/q+1;4*-1;. The van der Waals surface area contributed by atoms with E-state index in [-0.39, 0.29) is 43.3 Å². The molecule has 0 spiro atoms. The van der Waals surface area contributed by atoms with Gasteiger partial charge in [0.25, 0.3) is 0 Å². The maximum absolute atomic E-state index is 4.36. The zero-order valence-electron chi connectivity index (χ0n) is 17.4. The van der Waals surface area contributed by atoms with Crippen molar-refractivity contribution in [3.05, 3.63) is 102 Å². The summed E-state index contributed by atoms with van der Waals surface area (Å²) in [5, 5.41) is 6.72. The fourth-order valence-electron chi connectivity index (χ4n) is 2.41. The SMILES string of the molecule is C[n+]1ccccc1-c1[c-]c(-c2cccc[n+]2C)cnc1.[CH3-].[CH3-].[CH3-].[Pt].c1nc[n-]n1. The molecule has 7 heteroatoms. The van der Waals surface area contributed by atoms with Gasteiger partial charge in [0, 0.05) is 39.5 Å². The van der Waals surface area contributed by atoms with Gasteiger partial charge in [0.2, 0.25) is 0 Å². The van der Waals surface area contributed by atoms with Gasteiger partial charge in [0.05, 0.1) is 0 Å². The second-order valence-corrected chi connectivity index (χ2v) is 5.36. The molecule has 158 valence electrons. The zero-order chi connectivity index (χ0) is 17.5. The molecule has 4 aromatic rings. The fourth-order valence-corrected chi connectivity index (χ4v) is 2.41. The molecule has 6 nitrogen and oxygen atoms in total. The third kappa shape index (κ3) is 7.66. The molecule has 0 amide bonds. The first-order valence-electron chi connectivity index (χ1n) is 7.76. The Balaban J connectivity index is 0. The molecule has 0 aliphatic carbocycles. The second kappa shape index (κ2) is 14.3. The summed E-state index contributed by atoms with van der Waals surface area (Å²) in [7, 11) is 4.05. The third-order valence-electron chi connectivity index (χ3n) is 3.64. The van der Waals surface area contributed by atoms with Gasteiger partial charge in [-0.2, -0.15) is 0 Å². The number of hydrogen-bond donors (Lipinski definition) is 0. The Morgan fingerprint density at radius 3 is 1.66 bits per heavy atom. The minimum Gasteiger partial charge on any atom is -0.432 e. The van der Waals surface area contributed by atoms with Gasteiger partial charge in [-0.15, -0.1) is 6.07 Å². The van der Waals surface area contributed by atoms with Crippen molar-refractivity contribution in [1.29, 1.82) is 0 Å². The van der Waals surface area contributed by atoms with Crippen molar-refractivity contribution in [2.45, 2.75) is 0 Å². The first-order chi connectivity index (χ1) is 12.3. The molecule has 0 atom stereocenters. The fraction of sp³-hybridized carbons (Fsp3) is 0.0909. The Labute approximate surface area is 189 Å². The molecular formula is C22H27N6Pt-3. The monoisotopic (exact) mass is 570 g/mol. The van der Waals surface area contributed by atoms with Gasteiger partial charge in [0.15, 0.2) is 12.4 Å². The van der Waals surface area contributed by atoms with Crippen LogP contribution in [0.4, 0.5) is 0 Å². The summed E-state index contributed by atoms with van der Waals surface area (Å²) >= 11 is 0. The van der Waals surface area contributed by atoms with E-state index >= 15 is 0 Å². The quantitative estimate of drug-likeness (QED) is 0.275. The molecule has 29 heavy (non-hydrogen) atoms. The van der Waals surface area contributed by atoms with Crippen LogP contribution in [-0.4, -0.2) is 15.1 Å². The Kier molecular flexibility index (Phi) is 14.0. The molecule has 0 radical (unpaired) electrons. The maximum atomic E-state index is 4.36. The van der Waals surface area contributed by atoms with Gasteiger partial charge in [0.1, 0.15) is 25.5 Å². The molecule has 0 fully saturated rings. The summed E-state index contributed by atoms with van der Waals surface area (Å²) in [6.45, 7) is 0. The van der Waals surface area contributed by atoms with E-state index < -0.39 is 0 Å². The van der Waals surface area contributed by atoms with Gasteiger partial charge >= 0.3 is 0 Å². The smallest absolute Gasteiger partial charge is 0.161 e. The van der Waals surface area contributed by atoms with Gasteiger partial charge in [-0.3, -0.25) is 5.10 Å². The number of aryl methyl sites for hydroxylation is 2. The van der Waals surface area contributed by atoms with Crippen molar-refractivity contribution in [3.63, 3.8) is 0 Å². The number of aromatic nitrogens is 6. The zero-order valence-corrected chi connectivity index (χ0v) is 19.7. The molecule has 0 bridgehead atoms. The number of hydrogen-bond acceptors (Lipinski definition) is 3. The summed E-state index contributed by atoms with van der Waals surface area (Å²) in [6, 6.07) is 15.7. The Hall–Kier alpha value is -2.72. The number of nitrogens with zero attached hydrogens (tertiary/aromatic N) is 6. The summed E-state index contributed by atoms with van der Waals surface area (Å²) in [4.78, 5) is 7.86. The van der Waals surface area contributed by atoms with Gasteiger partial charge < -0.3 is 37.3 Å². The minimum atomic E-state index is 0. The van der Waals surface area contributed by atoms with Crippen molar-refractivity contribution in [2.75, 3.05) is 0 Å². The molecule has 0 aliphatic heterocycles. The van der Waals surface area contributed by atoms with E-state index in [1.165, 1.54) is 12.7 Å². The Morgan fingerprint density at radius 1 is 0.793 bits per heavy atom. The van der Waals surface area contributed by atoms with Crippen LogP contribution in [0.15, 0.2) is 73.8 Å². The van der Waals surface area contributed by atoms with E-state index in [2.05, 4.69) is 47.5 Å². The van der Waals surface area contributed by atoms with Crippen LogP contribution in [0, 0.1) is 28.3 Å². The summed E-state index contributed by atoms with van der Waals surface area (Å²) in [6.07, 6.45) is 10.5. The molecule has 0 N–H and O–H groups in total. The number of rotatable bonds is 2. The van der Waals surface area contributed by atoms with E-state index in [1.54, 1.807) is 0 Å². The molecule has 0 unspecified atom stereocenters. The van der Waals surface area contributed by atoms with Gasteiger partial charge in [-0.25, -0.2) is 9.13 Å². The van der Waals surface area contributed by atoms with E-state index in [4.69, 9.17) is 0 Å². The average molecular weight is 571 g/mol. The topological polar surface area (TPSA) is 60.5 Å². The summed E-state index contributed by atoms with van der Waals surface area (Å²) in [5.41, 5.74) is 4.18. The largest absolute Gasteiger partial charge is 0.432 e. The molecule has 0 aliphatic rings. The van der Waals surface area contributed by atoms with Gasteiger partial charge in [-0.05, 0) is 35.7 Å². The van der Waals surface area contributed by atoms with Crippen LogP contribution >= 0.6 is 0 Å². The average Bonchev–Trinajstić information content (AvgIpc) is 3.23. The van der Waals surface area contributed by atoms with Crippen molar-refractivity contribution < 1.29 is 30.2 Å². The van der Waals surface area contributed by atoms with Crippen molar-refractivity contribution in [1.82, 2.24) is 20.2 Å². The van der Waals surface area contributed by atoms with Crippen LogP contribution in [-0.2, 0) is 35.2 Å². The predicted molar refractivity (Wildman–Crippen MR) is 111 cm³/mol. The van der Waals surface area contributed by atoms with Crippen molar-refractivity contribution in [2.24, 2.45) is 14.1 Å². The molecule has 0 aromatic carbocycles. The summed E-state index contributed by atoms with van der Waals surface area (Å²) < 4.78 is 4.14. The van der Waals surface area contributed by atoms with E-state index in [0.717, 1.165) is 22.5 Å². The van der Waals surface area contributed by atoms with Crippen LogP contribution in [0.1, 0.15) is 0 Å². The molecule has 4 heterocycles. The first-order valence-corrected chi connectivity index (χ1v) is 7.76. The van der Waals surface area contributed by atoms with E-state index in [9.17, 15) is 0 Å². The summed E-state index contributed by atoms with van der Waals surface area (Å²) in [5.74, 6) is 0.